The Balaban J connectivity index is 1.65. The van der Waals surface area contributed by atoms with E-state index in [1.54, 1.807) is 32.2 Å². The maximum atomic E-state index is 13.5. The van der Waals surface area contributed by atoms with E-state index in [1.165, 1.54) is 17.4 Å². The van der Waals surface area contributed by atoms with Crippen LogP contribution in [0.1, 0.15) is 18.5 Å². The lowest BCUT2D eigenvalue weighted by atomic mass is 10.1. The monoisotopic (exact) mass is 447 g/mol. The zero-order valence-electron chi connectivity index (χ0n) is 17.6. The van der Waals surface area contributed by atoms with Gasteiger partial charge in [-0.15, -0.1) is 11.3 Å². The first-order valence-electron chi connectivity index (χ1n) is 9.45. The van der Waals surface area contributed by atoms with Crippen molar-refractivity contribution in [3.8, 4) is 22.8 Å². The Labute approximate surface area is 183 Å². The summed E-state index contributed by atoms with van der Waals surface area (Å²) in [6, 6.07) is 8.87. The topological polar surface area (TPSA) is 63.7 Å². The third kappa shape index (κ3) is 5.36. The first-order valence-corrected chi connectivity index (χ1v) is 10.3. The van der Waals surface area contributed by atoms with Gasteiger partial charge in [-0.1, -0.05) is 6.07 Å². The molecular weight excluding hydrogens is 424 g/mol. The summed E-state index contributed by atoms with van der Waals surface area (Å²) >= 11 is 1.30. The Morgan fingerprint density at radius 2 is 1.94 bits per heavy atom. The van der Waals surface area contributed by atoms with Crippen molar-refractivity contribution in [1.82, 2.24) is 9.88 Å². The lowest BCUT2D eigenvalue weighted by Gasteiger charge is -2.24. The standard InChI is InChI=1S/C22H23F2N3O3S/c1-13(14-5-8-17(23)18(24)9-14)27(2)11-21(28)26-22-25-19(12-31-22)16-7-6-15(29-3)10-20(16)30-4/h5-10,12-13H,11H2,1-4H3,(H,25,26,28). The van der Waals surface area contributed by atoms with Crippen LogP contribution in [0.15, 0.2) is 41.8 Å². The van der Waals surface area contributed by atoms with Crippen molar-refractivity contribution in [3.05, 3.63) is 59.0 Å². The molecule has 0 aliphatic rings. The number of nitrogens with one attached hydrogen (secondary N) is 1. The lowest BCUT2D eigenvalue weighted by Crippen LogP contribution is -2.32. The van der Waals surface area contributed by atoms with Crippen LogP contribution in [0.4, 0.5) is 13.9 Å². The van der Waals surface area contributed by atoms with Gasteiger partial charge in [0.1, 0.15) is 11.5 Å². The second-order valence-corrected chi connectivity index (χ2v) is 7.78. The summed E-state index contributed by atoms with van der Waals surface area (Å²) in [4.78, 5) is 18.7. The van der Waals surface area contributed by atoms with Gasteiger partial charge in [-0.05, 0) is 43.8 Å². The van der Waals surface area contributed by atoms with Gasteiger partial charge in [-0.3, -0.25) is 9.69 Å². The molecule has 0 radical (unpaired) electrons. The van der Waals surface area contributed by atoms with Gasteiger partial charge >= 0.3 is 0 Å². The molecular formula is C22H23F2N3O3S. The van der Waals surface area contributed by atoms with Gasteiger partial charge in [-0.2, -0.15) is 0 Å². The first kappa shape index (κ1) is 22.6. The van der Waals surface area contributed by atoms with Gasteiger partial charge in [0.05, 0.1) is 26.5 Å². The Morgan fingerprint density at radius 1 is 1.16 bits per heavy atom. The number of methoxy groups -OCH3 is 2. The van der Waals surface area contributed by atoms with Crippen molar-refractivity contribution in [2.45, 2.75) is 13.0 Å². The number of carbonyl (C=O) groups excluding carboxylic acids is 1. The minimum absolute atomic E-state index is 0.0565. The zero-order chi connectivity index (χ0) is 22.5. The van der Waals surface area contributed by atoms with Crippen LogP contribution in [0.2, 0.25) is 0 Å². The molecule has 1 atom stereocenters. The summed E-state index contributed by atoms with van der Waals surface area (Å²) < 4.78 is 37.3. The average molecular weight is 448 g/mol. The number of hydrogen-bond acceptors (Lipinski definition) is 6. The molecule has 0 bridgehead atoms. The molecule has 1 unspecified atom stereocenters. The number of ether oxygens (including phenoxy) is 2. The van der Waals surface area contributed by atoms with E-state index in [0.717, 1.165) is 17.7 Å². The molecule has 31 heavy (non-hydrogen) atoms. The van der Waals surface area contributed by atoms with Crippen LogP contribution < -0.4 is 14.8 Å². The minimum atomic E-state index is -0.911. The Morgan fingerprint density at radius 3 is 2.61 bits per heavy atom. The van der Waals surface area contributed by atoms with Crippen LogP contribution in [0.5, 0.6) is 11.5 Å². The van der Waals surface area contributed by atoms with Crippen molar-refractivity contribution >= 4 is 22.4 Å². The predicted octanol–water partition coefficient (Wildman–Crippen LogP) is 4.74. The summed E-state index contributed by atoms with van der Waals surface area (Å²) in [7, 11) is 4.88. The molecule has 9 heteroatoms. The molecule has 2 aromatic carbocycles. The largest absolute Gasteiger partial charge is 0.497 e. The maximum absolute atomic E-state index is 13.5. The maximum Gasteiger partial charge on any atom is 0.240 e. The van der Waals surface area contributed by atoms with E-state index in [-0.39, 0.29) is 18.5 Å². The molecule has 0 saturated carbocycles. The number of anilines is 1. The van der Waals surface area contributed by atoms with Gasteiger partial charge in [-0.25, -0.2) is 13.8 Å². The zero-order valence-corrected chi connectivity index (χ0v) is 18.4. The van der Waals surface area contributed by atoms with Crippen molar-refractivity contribution in [1.29, 1.82) is 0 Å². The molecule has 6 nitrogen and oxygen atoms in total. The summed E-state index contributed by atoms with van der Waals surface area (Å²) in [5.41, 5.74) is 2.03. The van der Waals surface area contributed by atoms with E-state index in [0.29, 0.717) is 27.9 Å². The molecule has 3 rings (SSSR count). The Bertz CT molecular complexity index is 1070. The fourth-order valence-electron chi connectivity index (χ4n) is 3.01. The highest BCUT2D eigenvalue weighted by Crippen LogP contribution is 2.34. The smallest absolute Gasteiger partial charge is 0.240 e. The SMILES string of the molecule is COc1ccc(-c2csc(NC(=O)CN(C)C(C)c3ccc(F)c(F)c3)n2)c(OC)c1. The minimum Gasteiger partial charge on any atom is -0.497 e. The number of halogens is 2. The van der Waals surface area contributed by atoms with Crippen LogP contribution in [0.3, 0.4) is 0 Å². The third-order valence-corrected chi connectivity index (χ3v) is 5.67. The number of carbonyl (C=O) groups is 1. The molecule has 3 aromatic rings. The molecule has 0 aliphatic heterocycles. The molecule has 0 saturated heterocycles. The number of likely N-dealkylation sites (N-methyl/N-ethyl adjacent to an activating group) is 1. The number of nitrogens with zero attached hydrogens (tertiary/aromatic N) is 2. The Hall–Kier alpha value is -3.04. The number of aromatic nitrogens is 1. The van der Waals surface area contributed by atoms with Crippen LogP contribution in [-0.4, -0.2) is 43.6 Å². The summed E-state index contributed by atoms with van der Waals surface area (Å²) in [5, 5.41) is 5.05. The molecule has 164 valence electrons. The lowest BCUT2D eigenvalue weighted by molar-refractivity contribution is -0.117. The third-order valence-electron chi connectivity index (χ3n) is 4.92. The fourth-order valence-corrected chi connectivity index (χ4v) is 3.74. The van der Waals surface area contributed by atoms with E-state index in [1.807, 2.05) is 24.4 Å². The van der Waals surface area contributed by atoms with Crippen molar-refractivity contribution in [3.63, 3.8) is 0 Å². The molecule has 1 heterocycles. The quantitative estimate of drug-likeness (QED) is 0.541. The van der Waals surface area contributed by atoms with E-state index in [9.17, 15) is 13.6 Å². The van der Waals surface area contributed by atoms with E-state index in [4.69, 9.17) is 9.47 Å². The second-order valence-electron chi connectivity index (χ2n) is 6.92. The van der Waals surface area contributed by atoms with E-state index in [2.05, 4.69) is 10.3 Å². The number of hydrogen-bond donors (Lipinski definition) is 1. The number of benzene rings is 2. The highest BCUT2D eigenvalue weighted by atomic mass is 32.1. The predicted molar refractivity (Wildman–Crippen MR) is 117 cm³/mol. The van der Waals surface area contributed by atoms with E-state index >= 15 is 0 Å². The van der Waals surface area contributed by atoms with Gasteiger partial charge in [0.15, 0.2) is 16.8 Å². The van der Waals surface area contributed by atoms with Crippen molar-refractivity contribution in [2.24, 2.45) is 0 Å². The summed E-state index contributed by atoms with van der Waals surface area (Å²) in [6.45, 7) is 1.87. The highest BCUT2D eigenvalue weighted by molar-refractivity contribution is 7.14. The summed E-state index contributed by atoms with van der Waals surface area (Å²) in [6.07, 6.45) is 0. The van der Waals surface area contributed by atoms with Crippen LogP contribution >= 0.6 is 11.3 Å². The number of thiazole rings is 1. The van der Waals surface area contributed by atoms with Crippen LogP contribution in [0.25, 0.3) is 11.3 Å². The number of rotatable bonds is 8. The van der Waals surface area contributed by atoms with Crippen molar-refractivity contribution in [2.75, 3.05) is 33.1 Å². The Kier molecular flexibility index (Phi) is 7.19. The van der Waals surface area contributed by atoms with Gasteiger partial charge < -0.3 is 14.8 Å². The highest BCUT2D eigenvalue weighted by Gasteiger charge is 2.18. The molecule has 1 aromatic heterocycles. The van der Waals surface area contributed by atoms with Crippen molar-refractivity contribution < 1.29 is 23.0 Å². The van der Waals surface area contributed by atoms with Crippen LogP contribution in [-0.2, 0) is 4.79 Å². The fraction of sp³-hybridized carbons (Fsp3) is 0.273. The normalized spacial score (nSPS) is 12.0. The molecule has 0 spiro atoms. The first-order chi connectivity index (χ1) is 14.8. The van der Waals surface area contributed by atoms with Crippen LogP contribution in [0, 0.1) is 11.6 Å². The molecule has 0 aliphatic carbocycles. The number of amides is 1. The van der Waals surface area contributed by atoms with E-state index < -0.39 is 11.6 Å². The molecule has 0 fully saturated rings. The molecule has 1 N–H and O–H groups in total. The second kappa shape index (κ2) is 9.84. The molecule has 1 amide bonds. The average Bonchev–Trinajstić information content (AvgIpc) is 3.22. The van der Waals surface area contributed by atoms with Gasteiger partial charge in [0.2, 0.25) is 5.91 Å². The van der Waals surface area contributed by atoms with Gasteiger partial charge in [0.25, 0.3) is 0 Å². The van der Waals surface area contributed by atoms with Gasteiger partial charge in [0, 0.05) is 23.1 Å². The summed E-state index contributed by atoms with van der Waals surface area (Å²) in [5.74, 6) is -0.791.